The maximum atomic E-state index is 13.1. The summed E-state index contributed by atoms with van der Waals surface area (Å²) in [5, 5.41) is 11.4. The summed E-state index contributed by atoms with van der Waals surface area (Å²) >= 11 is 13.3. The first-order chi connectivity index (χ1) is 13.2. The minimum Gasteiger partial charge on any atom is -0.286 e. The first-order valence-corrected chi connectivity index (χ1v) is 10.1. The number of amides is 1. The molecule has 1 atom stereocenters. The molecule has 0 radical (unpaired) electrons. The number of rotatable bonds is 4. The zero-order valence-corrected chi connectivity index (χ0v) is 17.3. The smallest absolute Gasteiger partial charge is 0.286 e. The van der Waals surface area contributed by atoms with Crippen LogP contribution in [-0.4, -0.2) is 38.9 Å². The molecule has 0 spiro atoms. The zero-order chi connectivity index (χ0) is 20.7. The highest BCUT2D eigenvalue weighted by atomic mass is 35.5. The van der Waals surface area contributed by atoms with Gasteiger partial charge in [0.05, 0.1) is 22.0 Å². The van der Waals surface area contributed by atoms with Crippen LogP contribution in [-0.2, 0) is 4.79 Å². The minimum atomic E-state index is -2.10. The van der Waals surface area contributed by atoms with Crippen LogP contribution >= 0.6 is 35.0 Å². The standard InChI is InChI=1S/C17H14Cl2N4O4S/c1-7(2)11-12(10(28-3)4-5-20-11)22-16-8(6-9(18)15(19)21-16)14(24)13(17(22)25)23(26)27/h4-7,13H,1-3H3. The molecule has 0 saturated heterocycles. The highest BCUT2D eigenvalue weighted by Crippen LogP contribution is 2.43. The molecule has 0 bridgehead atoms. The number of fused-ring (bicyclic) bond motifs is 1. The molecular weight excluding hydrogens is 427 g/mol. The molecule has 28 heavy (non-hydrogen) atoms. The number of hydrogen-bond acceptors (Lipinski definition) is 7. The molecule has 3 rings (SSSR count). The fourth-order valence-corrected chi connectivity index (χ4v) is 3.83. The normalized spacial score (nSPS) is 16.5. The van der Waals surface area contributed by atoms with E-state index in [1.807, 2.05) is 13.8 Å². The Hall–Kier alpha value is -2.23. The molecule has 2 aromatic rings. The van der Waals surface area contributed by atoms with E-state index in [1.165, 1.54) is 17.8 Å². The van der Waals surface area contributed by atoms with Gasteiger partial charge in [-0.1, -0.05) is 37.0 Å². The van der Waals surface area contributed by atoms with Crippen LogP contribution < -0.4 is 4.90 Å². The Labute approximate surface area is 174 Å². The monoisotopic (exact) mass is 440 g/mol. The van der Waals surface area contributed by atoms with E-state index >= 15 is 0 Å². The maximum Gasteiger partial charge on any atom is 0.352 e. The van der Waals surface area contributed by atoms with Gasteiger partial charge in [0.25, 0.3) is 0 Å². The van der Waals surface area contributed by atoms with Gasteiger partial charge in [0.15, 0.2) is 5.82 Å². The Bertz CT molecular complexity index is 1010. The number of ketones is 1. The number of aromatic nitrogens is 2. The minimum absolute atomic E-state index is 0.0366. The van der Waals surface area contributed by atoms with Gasteiger partial charge in [0.2, 0.25) is 5.78 Å². The molecule has 0 N–H and O–H groups in total. The number of nitro groups is 1. The van der Waals surface area contributed by atoms with Gasteiger partial charge >= 0.3 is 11.9 Å². The second-order valence-corrected chi connectivity index (χ2v) is 7.87. The second-order valence-electron chi connectivity index (χ2n) is 6.26. The van der Waals surface area contributed by atoms with E-state index in [1.54, 1.807) is 18.5 Å². The first kappa shape index (κ1) is 20.5. The van der Waals surface area contributed by atoms with Gasteiger partial charge in [-0.05, 0) is 24.3 Å². The van der Waals surface area contributed by atoms with Crippen LogP contribution in [0.4, 0.5) is 11.5 Å². The lowest BCUT2D eigenvalue weighted by atomic mass is 9.97. The quantitative estimate of drug-likeness (QED) is 0.231. The number of nitrogens with zero attached hydrogens (tertiary/aromatic N) is 4. The van der Waals surface area contributed by atoms with Crippen molar-refractivity contribution >= 4 is 58.2 Å². The summed E-state index contributed by atoms with van der Waals surface area (Å²) in [6.45, 7) is 3.76. The summed E-state index contributed by atoms with van der Waals surface area (Å²) in [5.41, 5.74) is 0.748. The van der Waals surface area contributed by atoms with Crippen LogP contribution in [0.25, 0.3) is 0 Å². The summed E-state index contributed by atoms with van der Waals surface area (Å²) in [6, 6.07) is 0.796. The van der Waals surface area contributed by atoms with Gasteiger partial charge in [-0.15, -0.1) is 11.8 Å². The fraction of sp³-hybridized carbons (Fsp3) is 0.294. The Kier molecular flexibility index (Phi) is 5.60. The average molecular weight is 441 g/mol. The van der Waals surface area contributed by atoms with Crippen molar-refractivity contribution in [1.29, 1.82) is 0 Å². The van der Waals surface area contributed by atoms with Gasteiger partial charge in [-0.3, -0.25) is 29.6 Å². The second kappa shape index (κ2) is 7.65. The molecule has 1 aliphatic heterocycles. The van der Waals surface area contributed by atoms with Crippen molar-refractivity contribution in [1.82, 2.24) is 9.97 Å². The van der Waals surface area contributed by atoms with E-state index in [0.29, 0.717) is 16.3 Å². The molecular formula is C17H14Cl2N4O4S. The van der Waals surface area contributed by atoms with E-state index in [-0.39, 0.29) is 27.5 Å². The Balaban J connectivity index is 2.40. The molecule has 1 unspecified atom stereocenters. The fourth-order valence-electron chi connectivity index (χ4n) is 2.96. The number of pyridine rings is 2. The van der Waals surface area contributed by atoms with E-state index in [9.17, 15) is 19.7 Å². The molecule has 2 aromatic heterocycles. The zero-order valence-electron chi connectivity index (χ0n) is 15.0. The topological polar surface area (TPSA) is 106 Å². The highest BCUT2D eigenvalue weighted by Gasteiger charge is 2.50. The molecule has 0 fully saturated rings. The number of Topliss-reactive ketones (excluding diaryl/α,β-unsaturated/α-hetero) is 1. The summed E-state index contributed by atoms with van der Waals surface area (Å²) in [4.78, 5) is 46.5. The Morgan fingerprint density at radius 3 is 2.57 bits per heavy atom. The molecule has 8 nitrogen and oxygen atoms in total. The van der Waals surface area contributed by atoms with Crippen molar-refractivity contribution in [3.8, 4) is 0 Å². The molecule has 3 heterocycles. The van der Waals surface area contributed by atoms with Crippen molar-refractivity contribution in [3.05, 3.63) is 49.9 Å². The third kappa shape index (κ3) is 3.23. The molecule has 1 aliphatic rings. The molecule has 0 saturated carbocycles. The maximum absolute atomic E-state index is 13.1. The van der Waals surface area contributed by atoms with Crippen LogP contribution in [0.5, 0.6) is 0 Å². The molecule has 146 valence electrons. The van der Waals surface area contributed by atoms with Gasteiger partial charge in [-0.2, -0.15) is 0 Å². The van der Waals surface area contributed by atoms with E-state index < -0.39 is 22.7 Å². The van der Waals surface area contributed by atoms with E-state index in [4.69, 9.17) is 23.2 Å². The van der Waals surface area contributed by atoms with E-state index in [0.717, 1.165) is 4.90 Å². The summed E-state index contributed by atoms with van der Waals surface area (Å²) < 4.78 is 0. The van der Waals surface area contributed by atoms with Crippen molar-refractivity contribution in [3.63, 3.8) is 0 Å². The number of anilines is 2. The third-order valence-corrected chi connectivity index (χ3v) is 5.65. The lowest BCUT2D eigenvalue weighted by molar-refractivity contribution is -0.491. The Morgan fingerprint density at radius 2 is 2.00 bits per heavy atom. The van der Waals surface area contributed by atoms with Crippen LogP contribution in [0.3, 0.4) is 0 Å². The van der Waals surface area contributed by atoms with E-state index in [2.05, 4.69) is 9.97 Å². The van der Waals surface area contributed by atoms with Crippen molar-refractivity contribution in [2.24, 2.45) is 0 Å². The van der Waals surface area contributed by atoms with Crippen LogP contribution in [0, 0.1) is 10.1 Å². The number of halogens is 2. The lowest BCUT2D eigenvalue weighted by Crippen LogP contribution is -2.50. The van der Waals surface area contributed by atoms with Crippen molar-refractivity contribution < 1.29 is 14.5 Å². The van der Waals surface area contributed by atoms with Crippen LogP contribution in [0.2, 0.25) is 10.2 Å². The van der Waals surface area contributed by atoms with Crippen LogP contribution in [0.15, 0.2) is 23.2 Å². The lowest BCUT2D eigenvalue weighted by Gasteiger charge is -2.31. The van der Waals surface area contributed by atoms with Gasteiger partial charge in [0.1, 0.15) is 5.15 Å². The van der Waals surface area contributed by atoms with Gasteiger partial charge in [-0.25, -0.2) is 4.98 Å². The number of thioether (sulfide) groups is 1. The molecule has 0 aliphatic carbocycles. The summed E-state index contributed by atoms with van der Waals surface area (Å²) in [7, 11) is 0. The van der Waals surface area contributed by atoms with Crippen molar-refractivity contribution in [2.45, 2.75) is 30.7 Å². The van der Waals surface area contributed by atoms with Crippen molar-refractivity contribution in [2.75, 3.05) is 11.2 Å². The number of hydrogen-bond donors (Lipinski definition) is 0. The average Bonchev–Trinajstić information content (AvgIpc) is 2.63. The Morgan fingerprint density at radius 1 is 1.32 bits per heavy atom. The molecule has 1 amide bonds. The SMILES string of the molecule is CSc1ccnc(C(C)C)c1N1C(=O)C([N+](=O)[O-])C(=O)c2cc(Cl)c(Cl)nc21. The van der Waals surface area contributed by atoms with Gasteiger partial charge < -0.3 is 0 Å². The predicted octanol–water partition coefficient (Wildman–Crippen LogP) is 4.14. The number of carbonyl (C=O) groups is 2. The third-order valence-electron chi connectivity index (χ3n) is 4.21. The predicted molar refractivity (Wildman–Crippen MR) is 107 cm³/mol. The molecule has 0 aromatic carbocycles. The largest absolute Gasteiger partial charge is 0.352 e. The van der Waals surface area contributed by atoms with Gasteiger partial charge in [0, 0.05) is 16.0 Å². The highest BCUT2D eigenvalue weighted by molar-refractivity contribution is 7.98. The van der Waals surface area contributed by atoms with Crippen LogP contribution in [0.1, 0.15) is 35.8 Å². The summed E-state index contributed by atoms with van der Waals surface area (Å²) in [6.07, 6.45) is 3.40. The molecule has 11 heteroatoms. The summed E-state index contributed by atoms with van der Waals surface area (Å²) in [5.74, 6) is -2.19. The first-order valence-electron chi connectivity index (χ1n) is 8.09. The number of carbonyl (C=O) groups excluding carboxylic acids is 2.